The molecule has 0 aliphatic carbocycles. The smallest absolute Gasteiger partial charge is 0.310 e. The first-order chi connectivity index (χ1) is 8.96. The lowest BCUT2D eigenvalue weighted by molar-refractivity contribution is -0.155. The molecule has 0 saturated heterocycles. The van der Waals surface area contributed by atoms with Crippen LogP contribution in [0.4, 0.5) is 0 Å². The highest BCUT2D eigenvalue weighted by molar-refractivity contribution is 5.73. The lowest BCUT2D eigenvalue weighted by Gasteiger charge is -2.23. The Morgan fingerprint density at radius 1 is 1.21 bits per heavy atom. The number of aliphatic hydroxyl groups excluding tert-OH is 1. The van der Waals surface area contributed by atoms with Crippen molar-refractivity contribution in [3.05, 3.63) is 35.4 Å². The van der Waals surface area contributed by atoms with Gasteiger partial charge in [0.2, 0.25) is 0 Å². The molecule has 0 fully saturated rings. The number of hydrogen-bond acceptors (Lipinski definition) is 4. The van der Waals surface area contributed by atoms with Crippen molar-refractivity contribution in [2.75, 3.05) is 7.11 Å². The monoisotopic (exact) mass is 267 g/mol. The number of carbonyl (C=O) groups excluding carboxylic acids is 1. The Balaban J connectivity index is 0.00000154. The number of benzene rings is 1. The van der Waals surface area contributed by atoms with Crippen LogP contribution in [-0.4, -0.2) is 23.8 Å². The number of hydrogen-bond donors (Lipinski definition) is 2. The van der Waals surface area contributed by atoms with E-state index in [0.29, 0.717) is 13.0 Å². The first-order valence-corrected chi connectivity index (χ1v) is 6.41. The van der Waals surface area contributed by atoms with Crippen molar-refractivity contribution in [1.82, 2.24) is 0 Å². The molecular formula is C15H25NO3. The Kier molecular flexibility index (Phi) is 8.03. The second-order valence-electron chi connectivity index (χ2n) is 4.78. The Labute approximate surface area is 115 Å². The van der Waals surface area contributed by atoms with E-state index in [1.165, 1.54) is 0 Å². The molecule has 0 amide bonds. The van der Waals surface area contributed by atoms with Crippen molar-refractivity contribution in [2.24, 2.45) is 5.73 Å². The van der Waals surface area contributed by atoms with Gasteiger partial charge >= 0.3 is 5.97 Å². The minimum Gasteiger partial charge on any atom is -0.459 e. The van der Waals surface area contributed by atoms with Crippen molar-refractivity contribution < 1.29 is 14.6 Å². The maximum atomic E-state index is 11.7. The molecule has 0 spiro atoms. The van der Waals surface area contributed by atoms with Crippen LogP contribution in [0.5, 0.6) is 0 Å². The Morgan fingerprint density at radius 2 is 1.68 bits per heavy atom. The van der Waals surface area contributed by atoms with Crippen LogP contribution >= 0.6 is 0 Å². The van der Waals surface area contributed by atoms with Gasteiger partial charge in [0.05, 0.1) is 6.42 Å². The van der Waals surface area contributed by atoms with Crippen molar-refractivity contribution in [1.29, 1.82) is 0 Å². The fraction of sp³-hybridized carbons (Fsp3) is 0.533. The molecule has 0 aliphatic heterocycles. The van der Waals surface area contributed by atoms with Crippen LogP contribution in [0.2, 0.25) is 0 Å². The summed E-state index contributed by atoms with van der Waals surface area (Å²) in [6.07, 6.45) is 1.12. The predicted octanol–water partition coefficient (Wildman–Crippen LogP) is 2.03. The maximum Gasteiger partial charge on any atom is 0.310 e. The molecule has 1 aromatic rings. The number of carbonyl (C=O) groups is 1. The molecule has 0 aromatic heterocycles. The molecule has 4 heteroatoms. The fourth-order valence-corrected chi connectivity index (χ4v) is 1.38. The number of esters is 1. The zero-order valence-electron chi connectivity index (χ0n) is 12.3. The number of rotatable bonds is 5. The molecule has 0 radical (unpaired) electrons. The Bertz CT molecular complexity index is 371. The fourth-order valence-electron chi connectivity index (χ4n) is 1.38. The van der Waals surface area contributed by atoms with E-state index >= 15 is 0 Å². The molecule has 0 atom stereocenters. The molecule has 4 nitrogen and oxygen atoms in total. The van der Waals surface area contributed by atoms with Gasteiger partial charge in [-0.15, -0.1) is 0 Å². The van der Waals surface area contributed by atoms with Gasteiger partial charge in [0.1, 0.15) is 5.60 Å². The summed E-state index contributed by atoms with van der Waals surface area (Å²) in [4.78, 5) is 11.7. The van der Waals surface area contributed by atoms with Crippen LogP contribution < -0.4 is 5.73 Å². The van der Waals surface area contributed by atoms with Crippen molar-refractivity contribution in [3.63, 3.8) is 0 Å². The predicted molar refractivity (Wildman–Crippen MR) is 76.6 cm³/mol. The first-order valence-electron chi connectivity index (χ1n) is 6.41. The molecule has 108 valence electrons. The van der Waals surface area contributed by atoms with Crippen molar-refractivity contribution in [3.8, 4) is 0 Å². The topological polar surface area (TPSA) is 72.5 Å². The average Bonchev–Trinajstić information content (AvgIpc) is 2.41. The van der Waals surface area contributed by atoms with Gasteiger partial charge in [-0.3, -0.25) is 4.79 Å². The molecule has 0 saturated carbocycles. The van der Waals surface area contributed by atoms with E-state index < -0.39 is 0 Å². The minimum absolute atomic E-state index is 0.183. The highest BCUT2D eigenvalue weighted by Gasteiger charge is 2.20. The third kappa shape index (κ3) is 6.94. The summed E-state index contributed by atoms with van der Waals surface area (Å²) < 4.78 is 5.38. The third-order valence-electron chi connectivity index (χ3n) is 2.85. The van der Waals surface area contributed by atoms with Gasteiger partial charge in [0.15, 0.2) is 0 Å². The second kappa shape index (κ2) is 8.67. The summed E-state index contributed by atoms with van der Waals surface area (Å²) in [6, 6.07) is 7.71. The van der Waals surface area contributed by atoms with E-state index in [4.69, 9.17) is 15.6 Å². The van der Waals surface area contributed by atoms with Crippen LogP contribution in [0.1, 0.15) is 38.3 Å². The molecule has 3 N–H and O–H groups in total. The molecule has 1 rings (SSSR count). The third-order valence-corrected chi connectivity index (χ3v) is 2.85. The van der Waals surface area contributed by atoms with E-state index in [0.717, 1.165) is 24.7 Å². The lowest BCUT2D eigenvalue weighted by atomic mass is 10.1. The van der Waals surface area contributed by atoms with Gasteiger partial charge in [0.25, 0.3) is 0 Å². The number of nitrogens with two attached hydrogens (primary N) is 1. The normalized spacial score (nSPS) is 10.4. The van der Waals surface area contributed by atoms with Gasteiger partial charge in [0, 0.05) is 13.7 Å². The number of ether oxygens (including phenoxy) is 1. The summed E-state index contributed by atoms with van der Waals surface area (Å²) in [6.45, 7) is 6.36. The van der Waals surface area contributed by atoms with E-state index in [1.54, 1.807) is 0 Å². The van der Waals surface area contributed by atoms with Crippen LogP contribution in [0.15, 0.2) is 24.3 Å². The molecule has 19 heavy (non-hydrogen) atoms. The Morgan fingerprint density at radius 3 is 2.11 bits per heavy atom. The van der Waals surface area contributed by atoms with Crippen molar-refractivity contribution >= 4 is 5.97 Å². The zero-order valence-corrected chi connectivity index (χ0v) is 12.3. The number of aliphatic hydroxyl groups is 1. The summed E-state index contributed by atoms with van der Waals surface area (Å²) in [7, 11) is 1.00. The van der Waals surface area contributed by atoms with Crippen LogP contribution in [0.25, 0.3) is 0 Å². The van der Waals surface area contributed by atoms with E-state index in [-0.39, 0.29) is 11.6 Å². The van der Waals surface area contributed by atoms with Crippen LogP contribution in [0, 0.1) is 0 Å². The Hall–Kier alpha value is -1.39. The van der Waals surface area contributed by atoms with Gasteiger partial charge in [-0.25, -0.2) is 0 Å². The lowest BCUT2D eigenvalue weighted by Crippen LogP contribution is -2.27. The largest absolute Gasteiger partial charge is 0.459 e. The minimum atomic E-state index is -0.381. The second-order valence-corrected chi connectivity index (χ2v) is 4.78. The molecule has 0 aliphatic rings. The summed E-state index contributed by atoms with van der Waals surface area (Å²) in [5, 5.41) is 7.00. The summed E-state index contributed by atoms with van der Waals surface area (Å²) >= 11 is 0. The van der Waals surface area contributed by atoms with Gasteiger partial charge in [-0.05, 0) is 31.4 Å². The zero-order chi connectivity index (χ0) is 14.9. The molecular weight excluding hydrogens is 242 g/mol. The van der Waals surface area contributed by atoms with Crippen LogP contribution in [-0.2, 0) is 22.5 Å². The van der Waals surface area contributed by atoms with Crippen molar-refractivity contribution in [2.45, 2.75) is 45.8 Å². The highest BCUT2D eigenvalue weighted by atomic mass is 16.6. The van der Waals surface area contributed by atoms with E-state index in [2.05, 4.69) is 0 Å². The average molecular weight is 267 g/mol. The molecule has 1 aromatic carbocycles. The molecule has 0 heterocycles. The highest BCUT2D eigenvalue weighted by Crippen LogP contribution is 2.15. The maximum absolute atomic E-state index is 11.7. The van der Waals surface area contributed by atoms with E-state index in [1.807, 2.05) is 45.0 Å². The van der Waals surface area contributed by atoms with E-state index in [9.17, 15) is 4.79 Å². The van der Waals surface area contributed by atoms with Gasteiger partial charge in [-0.1, -0.05) is 31.2 Å². The molecule has 0 unspecified atom stereocenters. The van der Waals surface area contributed by atoms with Gasteiger partial charge in [-0.2, -0.15) is 0 Å². The van der Waals surface area contributed by atoms with Gasteiger partial charge < -0.3 is 15.6 Å². The molecule has 0 bridgehead atoms. The standard InChI is InChI=1S/C14H21NO2.CH4O/c1-4-14(2,3)17-13(16)9-11-5-7-12(10-15)8-6-11;1-2/h5-8H,4,9-10,15H2,1-3H3;2H,1H3. The van der Waals surface area contributed by atoms with Crippen LogP contribution in [0.3, 0.4) is 0 Å². The summed E-state index contributed by atoms with van der Waals surface area (Å²) in [5.74, 6) is -0.183. The summed E-state index contributed by atoms with van der Waals surface area (Å²) in [5.41, 5.74) is 7.15. The first kappa shape index (κ1) is 17.6. The SMILES string of the molecule is CCC(C)(C)OC(=O)Cc1ccc(CN)cc1.CO. The quantitative estimate of drug-likeness (QED) is 0.801.